The summed E-state index contributed by atoms with van der Waals surface area (Å²) in [6.45, 7) is 0.446. The van der Waals surface area contributed by atoms with Gasteiger partial charge in [0.25, 0.3) is 0 Å². The van der Waals surface area contributed by atoms with Gasteiger partial charge < -0.3 is 15.6 Å². The second kappa shape index (κ2) is 4.56. The molecule has 0 aromatic carbocycles. The molecular weight excluding hydrogens is 296 g/mol. The van der Waals surface area contributed by atoms with E-state index in [2.05, 4.69) is 20.9 Å². The average molecular weight is 313 g/mol. The monoisotopic (exact) mass is 312 g/mol. The van der Waals surface area contributed by atoms with Crippen molar-refractivity contribution in [1.29, 1.82) is 0 Å². The molecule has 4 unspecified atom stereocenters. The Morgan fingerprint density at radius 3 is 2.94 bits per heavy atom. The Balaban J connectivity index is 1.93. The van der Waals surface area contributed by atoms with E-state index in [0.29, 0.717) is 6.54 Å². The second-order valence-electron chi connectivity index (χ2n) is 5.30. The highest BCUT2D eigenvalue weighted by Crippen LogP contribution is 2.53. The van der Waals surface area contributed by atoms with Crippen LogP contribution in [0.15, 0.2) is 22.9 Å². The van der Waals surface area contributed by atoms with E-state index in [1.165, 1.54) is 0 Å². The van der Waals surface area contributed by atoms with Gasteiger partial charge in [-0.15, -0.1) is 0 Å². The number of aliphatic hydroxyl groups is 1. The van der Waals surface area contributed by atoms with Gasteiger partial charge in [0.1, 0.15) is 0 Å². The molecule has 2 aliphatic heterocycles. The molecule has 1 aromatic heterocycles. The molecule has 18 heavy (non-hydrogen) atoms. The van der Waals surface area contributed by atoms with Crippen LogP contribution >= 0.6 is 15.9 Å². The van der Waals surface area contributed by atoms with Crippen molar-refractivity contribution in [1.82, 2.24) is 4.98 Å². The van der Waals surface area contributed by atoms with Gasteiger partial charge in [0, 0.05) is 34.4 Å². The number of hydrogen-bond donors (Lipinski definition) is 2. The Morgan fingerprint density at radius 1 is 1.56 bits per heavy atom. The fourth-order valence-corrected chi connectivity index (χ4v) is 3.74. The first-order valence-electron chi connectivity index (χ1n) is 6.30. The minimum absolute atomic E-state index is 0.0847. The van der Waals surface area contributed by atoms with Crippen LogP contribution in [0.4, 0.5) is 0 Å². The number of aromatic nitrogens is 1. The zero-order chi connectivity index (χ0) is 12.8. The van der Waals surface area contributed by atoms with Crippen LogP contribution in [0.25, 0.3) is 0 Å². The lowest BCUT2D eigenvalue weighted by molar-refractivity contribution is -0.0265. The van der Waals surface area contributed by atoms with E-state index in [-0.39, 0.29) is 17.6 Å². The van der Waals surface area contributed by atoms with Crippen LogP contribution < -0.4 is 5.73 Å². The third-order valence-electron chi connectivity index (χ3n) is 4.32. The van der Waals surface area contributed by atoms with Gasteiger partial charge in [-0.25, -0.2) is 0 Å². The first kappa shape index (κ1) is 12.5. The number of nitrogens with zero attached hydrogens (tertiary/aromatic N) is 1. The predicted octanol–water partition coefficient (Wildman–Crippen LogP) is 1.77. The van der Waals surface area contributed by atoms with Crippen molar-refractivity contribution in [3.8, 4) is 0 Å². The average Bonchev–Trinajstić information content (AvgIpc) is 2.98. The van der Waals surface area contributed by atoms with Crippen LogP contribution in [0, 0.1) is 5.41 Å². The lowest BCUT2D eigenvalue weighted by Gasteiger charge is -2.38. The van der Waals surface area contributed by atoms with Crippen LogP contribution in [0.1, 0.15) is 30.9 Å². The number of fused-ring (bicyclic) bond motifs is 2. The summed E-state index contributed by atoms with van der Waals surface area (Å²) < 4.78 is 6.75. The van der Waals surface area contributed by atoms with Crippen molar-refractivity contribution in [2.45, 2.75) is 37.6 Å². The summed E-state index contributed by atoms with van der Waals surface area (Å²) in [4.78, 5) is 4.12. The molecule has 0 amide bonds. The molecule has 2 fully saturated rings. The molecule has 2 saturated heterocycles. The van der Waals surface area contributed by atoms with Gasteiger partial charge in [0.05, 0.1) is 18.3 Å². The molecule has 0 saturated carbocycles. The van der Waals surface area contributed by atoms with Crippen molar-refractivity contribution < 1.29 is 9.84 Å². The molecule has 2 aliphatic rings. The topological polar surface area (TPSA) is 68.4 Å². The van der Waals surface area contributed by atoms with E-state index >= 15 is 0 Å². The lowest BCUT2D eigenvalue weighted by Crippen LogP contribution is -2.44. The largest absolute Gasteiger partial charge is 0.388 e. The van der Waals surface area contributed by atoms with Gasteiger partial charge in [-0.05, 0) is 41.3 Å². The molecule has 1 aromatic rings. The van der Waals surface area contributed by atoms with Gasteiger partial charge in [0.15, 0.2) is 0 Å². The molecular formula is C13H17BrN2O2. The number of ether oxygens (including phenoxy) is 1. The van der Waals surface area contributed by atoms with Crippen molar-refractivity contribution in [2.75, 3.05) is 6.54 Å². The summed E-state index contributed by atoms with van der Waals surface area (Å²) >= 11 is 3.38. The van der Waals surface area contributed by atoms with Crippen molar-refractivity contribution in [3.63, 3.8) is 0 Å². The van der Waals surface area contributed by atoms with Crippen LogP contribution in [0.3, 0.4) is 0 Å². The van der Waals surface area contributed by atoms with Crippen LogP contribution in [-0.4, -0.2) is 28.8 Å². The third-order valence-corrected chi connectivity index (χ3v) is 4.76. The summed E-state index contributed by atoms with van der Waals surface area (Å²) in [6.07, 6.45) is 6.11. The molecule has 2 bridgehead atoms. The van der Waals surface area contributed by atoms with Gasteiger partial charge in [-0.1, -0.05) is 0 Å². The maximum atomic E-state index is 10.7. The van der Waals surface area contributed by atoms with Crippen molar-refractivity contribution in [2.24, 2.45) is 11.1 Å². The summed E-state index contributed by atoms with van der Waals surface area (Å²) in [5.74, 6) is 0. The smallest absolute Gasteiger partial charge is 0.0899 e. The van der Waals surface area contributed by atoms with E-state index in [1.54, 1.807) is 12.4 Å². The maximum absolute atomic E-state index is 10.7. The quantitative estimate of drug-likeness (QED) is 0.892. The molecule has 4 atom stereocenters. The fraction of sp³-hybridized carbons (Fsp3) is 0.615. The van der Waals surface area contributed by atoms with Gasteiger partial charge in [0.2, 0.25) is 0 Å². The molecule has 0 spiro atoms. The van der Waals surface area contributed by atoms with Crippen molar-refractivity contribution >= 4 is 15.9 Å². The van der Waals surface area contributed by atoms with Crippen LogP contribution in [0.5, 0.6) is 0 Å². The first-order chi connectivity index (χ1) is 8.65. The number of hydrogen-bond acceptors (Lipinski definition) is 4. The standard InChI is InChI=1S/C13H17BrN2O2/c14-9-3-8(5-16-6-9)12(17)13(7-15)4-10-1-2-11(13)18-10/h3,5-6,10-12,17H,1-2,4,7,15H2. The second-order valence-corrected chi connectivity index (χ2v) is 6.22. The Labute approximate surface area is 115 Å². The first-order valence-corrected chi connectivity index (χ1v) is 7.09. The third kappa shape index (κ3) is 1.81. The molecule has 3 rings (SSSR count). The zero-order valence-corrected chi connectivity index (χ0v) is 11.6. The number of halogens is 1. The molecule has 5 heteroatoms. The maximum Gasteiger partial charge on any atom is 0.0899 e. The molecule has 0 radical (unpaired) electrons. The number of rotatable bonds is 3. The van der Waals surface area contributed by atoms with E-state index in [4.69, 9.17) is 10.5 Å². The highest BCUT2D eigenvalue weighted by molar-refractivity contribution is 9.10. The Kier molecular flexibility index (Phi) is 3.18. The fourth-order valence-electron chi connectivity index (χ4n) is 3.36. The van der Waals surface area contributed by atoms with Gasteiger partial charge in [-0.3, -0.25) is 4.98 Å². The van der Waals surface area contributed by atoms with Gasteiger partial charge >= 0.3 is 0 Å². The number of aliphatic hydroxyl groups excluding tert-OH is 1. The molecule has 3 N–H and O–H groups in total. The van der Waals surface area contributed by atoms with E-state index in [9.17, 15) is 5.11 Å². The Hall–Kier alpha value is -0.490. The minimum Gasteiger partial charge on any atom is -0.388 e. The molecule has 4 nitrogen and oxygen atoms in total. The molecule has 0 aliphatic carbocycles. The van der Waals surface area contributed by atoms with Crippen LogP contribution in [0.2, 0.25) is 0 Å². The summed E-state index contributed by atoms with van der Waals surface area (Å²) in [5, 5.41) is 10.7. The van der Waals surface area contributed by atoms with Crippen LogP contribution in [-0.2, 0) is 4.74 Å². The van der Waals surface area contributed by atoms with E-state index < -0.39 is 6.10 Å². The van der Waals surface area contributed by atoms with Crippen molar-refractivity contribution in [3.05, 3.63) is 28.5 Å². The molecule has 3 heterocycles. The highest BCUT2D eigenvalue weighted by Gasteiger charge is 2.55. The Bertz CT molecular complexity index is 456. The molecule has 98 valence electrons. The lowest BCUT2D eigenvalue weighted by atomic mass is 9.68. The number of pyridine rings is 1. The number of nitrogens with two attached hydrogens (primary N) is 1. The predicted molar refractivity (Wildman–Crippen MR) is 70.9 cm³/mol. The summed E-state index contributed by atoms with van der Waals surface area (Å²) in [6, 6.07) is 1.90. The highest BCUT2D eigenvalue weighted by atomic mass is 79.9. The zero-order valence-electron chi connectivity index (χ0n) is 10.1. The minimum atomic E-state index is -0.609. The summed E-state index contributed by atoms with van der Waals surface area (Å²) in [5.41, 5.74) is 6.43. The Morgan fingerprint density at radius 2 is 2.39 bits per heavy atom. The normalized spacial score (nSPS) is 35.9. The summed E-state index contributed by atoms with van der Waals surface area (Å²) in [7, 11) is 0. The van der Waals surface area contributed by atoms with E-state index in [1.807, 2.05) is 6.07 Å². The SMILES string of the molecule is NCC1(C(O)c2cncc(Br)c2)CC2CCC1O2. The van der Waals surface area contributed by atoms with Gasteiger partial charge in [-0.2, -0.15) is 0 Å². The van der Waals surface area contributed by atoms with E-state index in [0.717, 1.165) is 29.3 Å².